The van der Waals surface area contributed by atoms with Crippen molar-refractivity contribution in [2.75, 3.05) is 12.3 Å². The van der Waals surface area contributed by atoms with Crippen molar-refractivity contribution in [2.45, 2.75) is 25.6 Å². The fourth-order valence-electron chi connectivity index (χ4n) is 1.44. The van der Waals surface area contributed by atoms with E-state index in [1.165, 1.54) is 0 Å². The van der Waals surface area contributed by atoms with E-state index in [1.807, 2.05) is 6.07 Å². The van der Waals surface area contributed by atoms with Crippen LogP contribution in [0.5, 0.6) is 0 Å². The predicted octanol–water partition coefficient (Wildman–Crippen LogP) is 2.35. The molecule has 0 aliphatic rings. The Morgan fingerprint density at radius 3 is 2.62 bits per heavy atom. The number of hydrogen-bond acceptors (Lipinski definition) is 2. The van der Waals surface area contributed by atoms with Gasteiger partial charge in [-0.1, -0.05) is 12.1 Å². The first kappa shape index (κ1) is 12.8. The number of rotatable bonds is 4. The Labute approximate surface area is 92.6 Å². The number of hydrogen-bond donors (Lipinski definition) is 2. The second-order valence-electron chi connectivity index (χ2n) is 3.85. The molecule has 0 bridgehead atoms. The van der Waals surface area contributed by atoms with Crippen molar-refractivity contribution in [2.24, 2.45) is 0 Å². The smallest absolute Gasteiger partial charge is 0.399 e. The molecule has 5 heteroatoms. The lowest BCUT2D eigenvalue weighted by Gasteiger charge is -2.15. The summed E-state index contributed by atoms with van der Waals surface area (Å²) in [5.41, 5.74) is 7.14. The quantitative estimate of drug-likeness (QED) is 0.782. The maximum atomic E-state index is 11.9. The van der Waals surface area contributed by atoms with Crippen LogP contribution in [-0.2, 0) is 6.42 Å². The monoisotopic (exact) mass is 232 g/mol. The number of nitrogens with one attached hydrogen (secondary N) is 1. The van der Waals surface area contributed by atoms with Gasteiger partial charge in [0, 0.05) is 11.7 Å². The highest BCUT2D eigenvalue weighted by Crippen LogP contribution is 2.14. The van der Waals surface area contributed by atoms with Gasteiger partial charge in [-0.3, -0.25) is 0 Å². The van der Waals surface area contributed by atoms with Crippen molar-refractivity contribution >= 4 is 5.69 Å². The van der Waals surface area contributed by atoms with Gasteiger partial charge in [0.05, 0.1) is 6.54 Å². The molecule has 0 heterocycles. The van der Waals surface area contributed by atoms with Crippen LogP contribution < -0.4 is 11.1 Å². The van der Waals surface area contributed by atoms with Gasteiger partial charge < -0.3 is 11.1 Å². The van der Waals surface area contributed by atoms with Crippen LogP contribution in [0.4, 0.5) is 18.9 Å². The fraction of sp³-hybridized carbons (Fsp3) is 0.455. The van der Waals surface area contributed by atoms with E-state index < -0.39 is 12.7 Å². The molecule has 1 atom stereocenters. The second-order valence-corrected chi connectivity index (χ2v) is 3.85. The molecule has 0 aliphatic carbocycles. The number of nitrogen functional groups attached to an aromatic ring is 1. The second kappa shape index (κ2) is 5.21. The van der Waals surface area contributed by atoms with E-state index in [1.54, 1.807) is 25.1 Å². The minimum Gasteiger partial charge on any atom is -0.399 e. The Bertz CT molecular complexity index is 336. The van der Waals surface area contributed by atoms with Gasteiger partial charge in [-0.15, -0.1) is 0 Å². The minimum absolute atomic E-state index is 0.233. The van der Waals surface area contributed by atoms with Gasteiger partial charge in [0.15, 0.2) is 0 Å². The summed E-state index contributed by atoms with van der Waals surface area (Å²) < 4.78 is 35.8. The maximum absolute atomic E-state index is 11.9. The van der Waals surface area contributed by atoms with Gasteiger partial charge in [-0.2, -0.15) is 13.2 Å². The molecule has 0 aliphatic heterocycles. The molecular formula is C11H15F3N2. The maximum Gasteiger partial charge on any atom is 0.401 e. The highest BCUT2D eigenvalue weighted by molar-refractivity contribution is 5.40. The average Bonchev–Trinajstić information content (AvgIpc) is 2.14. The lowest BCUT2D eigenvalue weighted by Crippen LogP contribution is -2.36. The molecule has 0 saturated heterocycles. The summed E-state index contributed by atoms with van der Waals surface area (Å²) in [5.74, 6) is 0. The summed E-state index contributed by atoms with van der Waals surface area (Å²) >= 11 is 0. The molecule has 2 nitrogen and oxygen atoms in total. The van der Waals surface area contributed by atoms with Crippen LogP contribution in [-0.4, -0.2) is 18.8 Å². The lowest BCUT2D eigenvalue weighted by atomic mass is 10.1. The molecule has 1 rings (SSSR count). The summed E-state index contributed by atoms with van der Waals surface area (Å²) in [6.45, 7) is 0.755. The number of benzene rings is 1. The van der Waals surface area contributed by atoms with Gasteiger partial charge in [0.2, 0.25) is 0 Å². The molecule has 0 aromatic heterocycles. The molecule has 16 heavy (non-hydrogen) atoms. The van der Waals surface area contributed by atoms with Crippen LogP contribution in [0.2, 0.25) is 0 Å². The van der Waals surface area contributed by atoms with E-state index >= 15 is 0 Å². The summed E-state index contributed by atoms with van der Waals surface area (Å²) in [7, 11) is 0. The van der Waals surface area contributed by atoms with E-state index in [4.69, 9.17) is 5.73 Å². The largest absolute Gasteiger partial charge is 0.401 e. The summed E-state index contributed by atoms with van der Waals surface area (Å²) in [5, 5.41) is 2.42. The number of nitrogens with two attached hydrogens (primary N) is 1. The Morgan fingerprint density at radius 2 is 2.06 bits per heavy atom. The number of alkyl halides is 3. The molecule has 90 valence electrons. The van der Waals surface area contributed by atoms with Gasteiger partial charge in [0.25, 0.3) is 0 Å². The normalized spacial score (nSPS) is 13.8. The van der Waals surface area contributed by atoms with Crippen LogP contribution in [0, 0.1) is 0 Å². The van der Waals surface area contributed by atoms with Crippen LogP contribution in [0.1, 0.15) is 12.5 Å². The Kier molecular flexibility index (Phi) is 4.18. The van der Waals surface area contributed by atoms with E-state index in [9.17, 15) is 13.2 Å². The first-order valence-electron chi connectivity index (χ1n) is 5.01. The van der Waals surface area contributed by atoms with Crippen LogP contribution in [0.15, 0.2) is 24.3 Å². The minimum atomic E-state index is -4.16. The number of halogens is 3. The SMILES string of the molecule is C[C@H](Cc1cccc(N)c1)NCC(F)(F)F. The third-order valence-electron chi connectivity index (χ3n) is 2.14. The highest BCUT2D eigenvalue weighted by Gasteiger charge is 2.27. The molecule has 3 N–H and O–H groups in total. The van der Waals surface area contributed by atoms with Crippen molar-refractivity contribution < 1.29 is 13.2 Å². The fourth-order valence-corrected chi connectivity index (χ4v) is 1.44. The summed E-state index contributed by atoms with van der Waals surface area (Å²) in [6, 6.07) is 6.93. The van der Waals surface area contributed by atoms with E-state index in [2.05, 4.69) is 5.32 Å². The average molecular weight is 232 g/mol. The first-order chi connectivity index (χ1) is 7.37. The van der Waals surface area contributed by atoms with Gasteiger partial charge >= 0.3 is 6.18 Å². The Balaban J connectivity index is 2.43. The van der Waals surface area contributed by atoms with Crippen molar-refractivity contribution in [1.82, 2.24) is 5.32 Å². The van der Waals surface area contributed by atoms with Crippen molar-refractivity contribution in [3.8, 4) is 0 Å². The zero-order chi connectivity index (χ0) is 12.2. The highest BCUT2D eigenvalue weighted by atomic mass is 19.4. The summed E-state index contributed by atoms with van der Waals surface area (Å²) in [4.78, 5) is 0. The third-order valence-corrected chi connectivity index (χ3v) is 2.14. The Morgan fingerprint density at radius 1 is 1.38 bits per heavy atom. The van der Waals surface area contributed by atoms with Crippen molar-refractivity contribution in [3.63, 3.8) is 0 Å². The van der Waals surface area contributed by atoms with Gasteiger partial charge in [-0.25, -0.2) is 0 Å². The zero-order valence-corrected chi connectivity index (χ0v) is 9.01. The molecule has 0 fully saturated rings. The van der Waals surface area contributed by atoms with Gasteiger partial charge in [-0.05, 0) is 31.0 Å². The third kappa shape index (κ3) is 5.02. The Hall–Kier alpha value is -1.23. The molecular weight excluding hydrogens is 217 g/mol. The lowest BCUT2D eigenvalue weighted by molar-refractivity contribution is -0.126. The van der Waals surface area contributed by atoms with E-state index in [-0.39, 0.29) is 6.04 Å². The molecule has 0 radical (unpaired) electrons. The van der Waals surface area contributed by atoms with Crippen molar-refractivity contribution in [1.29, 1.82) is 0 Å². The molecule has 0 amide bonds. The van der Waals surface area contributed by atoms with Crippen LogP contribution in [0.25, 0.3) is 0 Å². The van der Waals surface area contributed by atoms with E-state index in [0.29, 0.717) is 12.1 Å². The first-order valence-corrected chi connectivity index (χ1v) is 5.01. The van der Waals surface area contributed by atoms with Crippen LogP contribution in [0.3, 0.4) is 0 Å². The number of anilines is 1. The standard InChI is InChI=1S/C11H15F3N2/c1-8(16-7-11(12,13)14)5-9-3-2-4-10(15)6-9/h2-4,6,8,16H,5,7,15H2,1H3/t8-/m1/s1. The molecule has 1 aromatic carbocycles. The molecule has 0 saturated carbocycles. The molecule has 1 aromatic rings. The van der Waals surface area contributed by atoms with Gasteiger partial charge in [0.1, 0.15) is 0 Å². The van der Waals surface area contributed by atoms with Crippen molar-refractivity contribution in [3.05, 3.63) is 29.8 Å². The topological polar surface area (TPSA) is 38.0 Å². The molecule has 0 unspecified atom stereocenters. The summed E-state index contributed by atoms with van der Waals surface area (Å²) in [6.07, 6.45) is -3.63. The molecule has 0 spiro atoms. The zero-order valence-electron chi connectivity index (χ0n) is 9.01. The van der Waals surface area contributed by atoms with Crippen LogP contribution >= 0.6 is 0 Å². The van der Waals surface area contributed by atoms with E-state index in [0.717, 1.165) is 5.56 Å². The predicted molar refractivity (Wildman–Crippen MR) is 58.1 cm³/mol.